The number of hydrogen-bond acceptors (Lipinski definition) is 8. The number of aryl methyl sites for hydroxylation is 2. The number of halogens is 2. The summed E-state index contributed by atoms with van der Waals surface area (Å²) >= 11 is 14.1. The molecule has 0 unspecified atom stereocenters. The number of ketones is 1. The fourth-order valence-electron chi connectivity index (χ4n) is 5.77. The van der Waals surface area contributed by atoms with Crippen LogP contribution in [0.3, 0.4) is 0 Å². The zero-order chi connectivity index (χ0) is 33.4. The number of nitrogens with zero attached hydrogens (tertiary/aromatic N) is 6. The van der Waals surface area contributed by atoms with Crippen LogP contribution in [0.4, 0.5) is 0 Å². The van der Waals surface area contributed by atoms with Gasteiger partial charge in [-0.2, -0.15) is 0 Å². The summed E-state index contributed by atoms with van der Waals surface area (Å²) in [6.45, 7) is 7.45. The number of carbonyl (C=O) groups excluding carboxylic acids is 3. The van der Waals surface area contributed by atoms with E-state index in [0.717, 1.165) is 33.2 Å². The van der Waals surface area contributed by atoms with E-state index in [0.29, 0.717) is 42.8 Å². The monoisotopic (exact) mass is 690 g/mol. The van der Waals surface area contributed by atoms with Crippen LogP contribution < -0.4 is 4.74 Å². The van der Waals surface area contributed by atoms with Crippen LogP contribution in [-0.4, -0.2) is 81.2 Å². The van der Waals surface area contributed by atoms with Crippen molar-refractivity contribution in [2.75, 3.05) is 33.3 Å². The van der Waals surface area contributed by atoms with Crippen LogP contribution in [0.15, 0.2) is 59.6 Å². The Morgan fingerprint density at radius 3 is 2.34 bits per heavy atom. The number of carbonyl (C=O) groups is 3. The average molecular weight is 692 g/mol. The van der Waals surface area contributed by atoms with Gasteiger partial charge in [-0.1, -0.05) is 35.3 Å². The number of piperazine rings is 1. The molecule has 4 aromatic rings. The summed E-state index contributed by atoms with van der Waals surface area (Å²) in [5.74, 6) is 1.08. The van der Waals surface area contributed by atoms with Crippen LogP contribution in [0.5, 0.6) is 5.75 Å². The minimum absolute atomic E-state index is 0.0904. The highest BCUT2D eigenvalue weighted by Gasteiger charge is 2.34. The maximum Gasteiger partial charge on any atom is 0.246 e. The Hall–Kier alpha value is -4.32. The molecule has 13 heteroatoms. The number of aromatic nitrogens is 3. The molecule has 2 aliphatic rings. The number of rotatable bonds is 7. The molecule has 1 atom stereocenters. The van der Waals surface area contributed by atoms with E-state index >= 15 is 0 Å². The number of thiophene rings is 1. The summed E-state index contributed by atoms with van der Waals surface area (Å²) in [5.41, 5.74) is 4.08. The second-order valence-electron chi connectivity index (χ2n) is 11.4. The predicted octanol–water partition coefficient (Wildman–Crippen LogP) is 5.96. The van der Waals surface area contributed by atoms with E-state index in [1.165, 1.54) is 24.1 Å². The number of allylic oxidation sites excluding steroid dienone is 1. The standard InChI is InChI=1S/C34H32Cl2N6O4S/c1-19-20(2)47-34-31(19)32(22-5-7-23(35)8-6-22)37-27(33-39-38-21(3)42(33)34)18-30(45)41-15-13-40(14-16-41)29(44)12-11-28(43)25-10-9-24(46-4)17-26(25)36/h5-12,17,27H,13-16,18H2,1-4H3/b12-11+/t27-/m0/s1. The summed E-state index contributed by atoms with van der Waals surface area (Å²) in [4.78, 5) is 49.0. The van der Waals surface area contributed by atoms with Gasteiger partial charge in [0.2, 0.25) is 11.8 Å². The van der Waals surface area contributed by atoms with Gasteiger partial charge in [-0.15, -0.1) is 21.5 Å². The lowest BCUT2D eigenvalue weighted by Crippen LogP contribution is -2.50. The predicted molar refractivity (Wildman–Crippen MR) is 183 cm³/mol. The Labute approximate surface area is 286 Å². The molecule has 0 spiro atoms. The lowest BCUT2D eigenvalue weighted by molar-refractivity contribution is -0.137. The molecule has 4 heterocycles. The summed E-state index contributed by atoms with van der Waals surface area (Å²) < 4.78 is 7.14. The van der Waals surface area contributed by atoms with Gasteiger partial charge in [0.15, 0.2) is 11.6 Å². The topological polar surface area (TPSA) is 110 Å². The Kier molecular flexibility index (Phi) is 9.32. The fourth-order valence-corrected chi connectivity index (χ4v) is 7.37. The van der Waals surface area contributed by atoms with E-state index < -0.39 is 6.04 Å². The zero-order valence-electron chi connectivity index (χ0n) is 26.3. The van der Waals surface area contributed by atoms with E-state index in [1.54, 1.807) is 39.3 Å². The lowest BCUT2D eigenvalue weighted by Gasteiger charge is -2.34. The maximum absolute atomic E-state index is 13.7. The average Bonchev–Trinajstić information content (AvgIpc) is 3.55. The van der Waals surface area contributed by atoms with Crippen molar-refractivity contribution in [3.63, 3.8) is 0 Å². The van der Waals surface area contributed by atoms with E-state index in [2.05, 4.69) is 24.0 Å². The van der Waals surface area contributed by atoms with Crippen molar-refractivity contribution in [3.05, 3.63) is 103 Å². The molecule has 1 fully saturated rings. The molecule has 47 heavy (non-hydrogen) atoms. The van der Waals surface area contributed by atoms with E-state index in [-0.39, 0.29) is 34.6 Å². The molecule has 10 nitrogen and oxygen atoms in total. The van der Waals surface area contributed by atoms with Crippen molar-refractivity contribution in [1.82, 2.24) is 24.6 Å². The number of ether oxygens (including phenoxy) is 1. The number of fused-ring (bicyclic) bond motifs is 3. The smallest absolute Gasteiger partial charge is 0.246 e. The molecule has 6 rings (SSSR count). The third-order valence-electron chi connectivity index (χ3n) is 8.49. The zero-order valence-corrected chi connectivity index (χ0v) is 28.6. The largest absolute Gasteiger partial charge is 0.497 e. The molecular formula is C34H32Cl2N6O4S. The van der Waals surface area contributed by atoms with Crippen molar-refractivity contribution < 1.29 is 19.1 Å². The Bertz CT molecular complexity index is 1940. The van der Waals surface area contributed by atoms with E-state index in [4.69, 9.17) is 32.9 Å². The minimum atomic E-state index is -0.577. The van der Waals surface area contributed by atoms with E-state index in [9.17, 15) is 14.4 Å². The number of methoxy groups -OCH3 is 1. The van der Waals surface area contributed by atoms with Crippen molar-refractivity contribution >= 4 is 57.8 Å². The Balaban J connectivity index is 1.17. The summed E-state index contributed by atoms with van der Waals surface area (Å²) in [7, 11) is 1.51. The molecule has 0 aliphatic carbocycles. The number of benzene rings is 2. The second kappa shape index (κ2) is 13.4. The van der Waals surface area contributed by atoms with Gasteiger partial charge in [-0.05, 0) is 62.7 Å². The van der Waals surface area contributed by atoms with Crippen molar-refractivity contribution in [3.8, 4) is 10.8 Å². The molecule has 0 N–H and O–H groups in total. The summed E-state index contributed by atoms with van der Waals surface area (Å²) in [6.07, 6.45) is 2.56. The molecular weight excluding hydrogens is 659 g/mol. The second-order valence-corrected chi connectivity index (χ2v) is 13.4. The van der Waals surface area contributed by atoms with Gasteiger partial charge in [0, 0.05) is 58.8 Å². The summed E-state index contributed by atoms with van der Waals surface area (Å²) in [6, 6.07) is 11.7. The van der Waals surface area contributed by atoms with Crippen LogP contribution in [0, 0.1) is 20.8 Å². The summed E-state index contributed by atoms with van der Waals surface area (Å²) in [5, 5.41) is 10.7. The normalized spacial score (nSPS) is 16.0. The van der Waals surface area contributed by atoms with Gasteiger partial charge < -0.3 is 14.5 Å². The first-order chi connectivity index (χ1) is 22.5. The molecule has 0 radical (unpaired) electrons. The van der Waals surface area contributed by atoms with Crippen LogP contribution in [0.25, 0.3) is 5.00 Å². The molecule has 2 aliphatic heterocycles. The van der Waals surface area contributed by atoms with Gasteiger partial charge in [0.25, 0.3) is 0 Å². The number of amides is 2. The highest BCUT2D eigenvalue weighted by atomic mass is 35.5. The lowest BCUT2D eigenvalue weighted by atomic mass is 9.99. The Morgan fingerprint density at radius 1 is 0.957 bits per heavy atom. The highest BCUT2D eigenvalue weighted by molar-refractivity contribution is 7.15. The maximum atomic E-state index is 13.7. The van der Waals surface area contributed by atoms with Crippen LogP contribution >= 0.6 is 34.5 Å². The van der Waals surface area contributed by atoms with Gasteiger partial charge in [-0.3, -0.25) is 23.9 Å². The minimum Gasteiger partial charge on any atom is -0.497 e. The molecule has 2 amide bonds. The third kappa shape index (κ3) is 6.47. The molecule has 1 saturated heterocycles. The molecule has 0 saturated carbocycles. The fraction of sp³-hybridized carbons (Fsp3) is 0.294. The van der Waals surface area contributed by atoms with E-state index in [1.807, 2.05) is 35.8 Å². The number of aliphatic imine (C=N–C) groups is 1. The van der Waals surface area contributed by atoms with Crippen molar-refractivity contribution in [1.29, 1.82) is 0 Å². The van der Waals surface area contributed by atoms with Crippen LogP contribution in [0.1, 0.15) is 56.0 Å². The van der Waals surface area contributed by atoms with Gasteiger partial charge in [-0.25, -0.2) is 0 Å². The molecule has 2 aromatic carbocycles. The Morgan fingerprint density at radius 2 is 1.66 bits per heavy atom. The van der Waals surface area contributed by atoms with Crippen molar-refractivity contribution in [2.45, 2.75) is 33.2 Å². The van der Waals surface area contributed by atoms with Crippen LogP contribution in [-0.2, 0) is 9.59 Å². The molecule has 2 aromatic heterocycles. The van der Waals surface area contributed by atoms with Gasteiger partial charge in [0.1, 0.15) is 22.6 Å². The molecule has 0 bridgehead atoms. The first-order valence-corrected chi connectivity index (χ1v) is 16.6. The third-order valence-corrected chi connectivity index (χ3v) is 10.2. The first kappa shape index (κ1) is 32.6. The number of hydrogen-bond donors (Lipinski definition) is 0. The van der Waals surface area contributed by atoms with Gasteiger partial charge >= 0.3 is 0 Å². The van der Waals surface area contributed by atoms with Gasteiger partial charge in [0.05, 0.1) is 24.3 Å². The SMILES string of the molecule is COc1ccc(C(=O)/C=C/C(=O)N2CCN(C(=O)C[C@@H]3N=C(c4ccc(Cl)cc4)c4c(sc(C)c4C)-n4c(C)nnc43)CC2)c(Cl)c1. The first-order valence-electron chi connectivity index (χ1n) is 15.0. The molecule has 242 valence electrons. The quantitative estimate of drug-likeness (QED) is 0.175. The highest BCUT2D eigenvalue weighted by Crippen LogP contribution is 2.39. The van der Waals surface area contributed by atoms with Crippen LogP contribution in [0.2, 0.25) is 10.0 Å². The van der Waals surface area contributed by atoms with Crippen molar-refractivity contribution in [2.24, 2.45) is 4.99 Å².